The highest BCUT2D eigenvalue weighted by atomic mass is 32.2. The maximum atomic E-state index is 12.2. The Morgan fingerprint density at radius 1 is 0.521 bits per heavy atom. The fourth-order valence-electron chi connectivity index (χ4n) is 3.81. The number of alkyl halides is 9. The zero-order valence-corrected chi connectivity index (χ0v) is 28.1. The molecule has 268 valence electrons. The first-order valence-corrected chi connectivity index (χ1v) is 16.9. The van der Waals surface area contributed by atoms with Gasteiger partial charge in [0.15, 0.2) is 0 Å². The van der Waals surface area contributed by atoms with Crippen LogP contribution in [0, 0.1) is 0 Å². The Labute approximate surface area is 273 Å². The van der Waals surface area contributed by atoms with Gasteiger partial charge in [-0.15, -0.1) is 0 Å². The van der Waals surface area contributed by atoms with Crippen molar-refractivity contribution in [1.82, 2.24) is 0 Å². The lowest BCUT2D eigenvalue weighted by atomic mass is 10.1. The van der Waals surface area contributed by atoms with Gasteiger partial charge in [-0.2, -0.15) is 47.9 Å². The molecule has 0 aliphatic rings. The van der Waals surface area contributed by atoms with Gasteiger partial charge in [0, 0.05) is 0 Å². The number of rotatable bonds is 12. The molecule has 3 aromatic rings. The molecule has 0 aliphatic heterocycles. The van der Waals surface area contributed by atoms with E-state index in [4.69, 9.17) is 18.8 Å². The summed E-state index contributed by atoms with van der Waals surface area (Å²) in [5.74, 6) is -12.0. The Morgan fingerprint density at radius 2 is 0.771 bits per heavy atom. The van der Waals surface area contributed by atoms with Gasteiger partial charge in [-0.25, -0.2) is 0 Å². The summed E-state index contributed by atoms with van der Waals surface area (Å²) in [6.45, 7) is 12.3. The average Bonchev–Trinajstić information content (AvgIpc) is 2.94. The van der Waals surface area contributed by atoms with Crippen molar-refractivity contribution < 1.29 is 66.7 Å². The van der Waals surface area contributed by atoms with Crippen LogP contribution in [0.2, 0.25) is 0 Å². The van der Waals surface area contributed by atoms with E-state index < -0.39 is 41.3 Å². The van der Waals surface area contributed by atoms with Crippen LogP contribution in [-0.2, 0) is 10.1 Å². The second-order valence-corrected chi connectivity index (χ2v) is 14.6. The third-order valence-electron chi connectivity index (χ3n) is 5.84. The zero-order valence-electron chi connectivity index (χ0n) is 26.4. The summed E-state index contributed by atoms with van der Waals surface area (Å²) in [4.78, 5) is 0. The maximum Gasteiger partial charge on any atom is 0.460 e. The second-order valence-electron chi connectivity index (χ2n) is 11.0. The summed E-state index contributed by atoms with van der Waals surface area (Å²) < 4.78 is 151. The summed E-state index contributed by atoms with van der Waals surface area (Å²) in [6.07, 6.45) is -6.65. The number of benzene rings is 3. The highest BCUT2D eigenvalue weighted by Gasteiger charge is 2.85. The van der Waals surface area contributed by atoms with E-state index in [1.54, 1.807) is 0 Å². The molecule has 0 heterocycles. The first-order chi connectivity index (χ1) is 21.8. The van der Waals surface area contributed by atoms with Crippen molar-refractivity contribution in [3.05, 3.63) is 72.8 Å². The SMILES string of the molecule is CC(C)Oc1ccc(P(c2ccc(OC(C)C)cc2)c2ccc(OC(C)C)cc2)cc1.O=S(=O)(O)C(F)(F)C(F)(F)C(F)(F)C(F)(F)F. The molecule has 0 saturated carbocycles. The number of hydrogen-bond acceptors (Lipinski definition) is 5. The van der Waals surface area contributed by atoms with Gasteiger partial charge in [0.1, 0.15) is 17.2 Å². The van der Waals surface area contributed by atoms with Gasteiger partial charge >= 0.3 is 33.4 Å². The predicted molar refractivity (Wildman–Crippen MR) is 165 cm³/mol. The number of ether oxygens (including phenoxy) is 3. The van der Waals surface area contributed by atoms with E-state index in [9.17, 15) is 47.9 Å². The van der Waals surface area contributed by atoms with Gasteiger partial charge in [-0.05, 0) is 102 Å². The molecule has 0 atom stereocenters. The van der Waals surface area contributed by atoms with Crippen molar-refractivity contribution in [1.29, 1.82) is 0 Å². The predicted octanol–water partition coefficient (Wildman–Crippen LogP) is 8.11. The Morgan fingerprint density at radius 3 is 0.958 bits per heavy atom. The third kappa shape index (κ3) is 9.91. The smallest absolute Gasteiger partial charge is 0.460 e. The fraction of sp³-hybridized carbons (Fsp3) is 0.419. The topological polar surface area (TPSA) is 82.1 Å². The van der Waals surface area contributed by atoms with E-state index in [0.717, 1.165) is 17.2 Å². The minimum absolute atomic E-state index is 0.161. The molecular formula is C31H34F9O6PS. The van der Waals surface area contributed by atoms with E-state index >= 15 is 0 Å². The van der Waals surface area contributed by atoms with E-state index in [-0.39, 0.29) is 18.3 Å². The van der Waals surface area contributed by atoms with Crippen LogP contribution in [0.4, 0.5) is 39.5 Å². The lowest BCUT2D eigenvalue weighted by Gasteiger charge is -2.31. The van der Waals surface area contributed by atoms with Crippen LogP contribution >= 0.6 is 7.92 Å². The minimum Gasteiger partial charge on any atom is -0.491 e. The second kappa shape index (κ2) is 15.5. The Hall–Kier alpha value is -3.23. The van der Waals surface area contributed by atoms with Gasteiger partial charge in [0.2, 0.25) is 0 Å². The van der Waals surface area contributed by atoms with Crippen molar-refractivity contribution >= 4 is 34.0 Å². The Balaban J connectivity index is 0.000000401. The molecule has 0 fully saturated rings. The summed E-state index contributed by atoms with van der Waals surface area (Å²) >= 11 is 0. The summed E-state index contributed by atoms with van der Waals surface area (Å²) in [5, 5.41) is -3.16. The lowest BCUT2D eigenvalue weighted by molar-refractivity contribution is -0.382. The number of hydrogen-bond donors (Lipinski definition) is 1. The highest BCUT2D eigenvalue weighted by Crippen LogP contribution is 2.54. The molecule has 0 spiro atoms. The standard InChI is InChI=1S/C27H33O3P.C4HF9O3S/c1-19(2)28-22-7-13-25(14-8-22)31(26-15-9-23(10-16-26)29-20(3)4)27-17-11-24(12-18-27)30-21(5)6;5-1(6,3(9,10)11)2(7,8)4(12,13)17(14,15)16/h7-21H,1-6H3;(H,14,15,16). The van der Waals surface area contributed by atoms with Gasteiger partial charge < -0.3 is 14.2 Å². The lowest BCUT2D eigenvalue weighted by Crippen LogP contribution is -2.63. The van der Waals surface area contributed by atoms with E-state index in [1.807, 2.05) is 41.5 Å². The molecule has 3 aromatic carbocycles. The van der Waals surface area contributed by atoms with E-state index in [0.29, 0.717) is 0 Å². The third-order valence-corrected chi connectivity index (χ3v) is 9.19. The van der Waals surface area contributed by atoms with E-state index in [1.165, 1.54) is 15.9 Å². The van der Waals surface area contributed by atoms with Crippen molar-refractivity contribution in [3.63, 3.8) is 0 Å². The van der Waals surface area contributed by atoms with Gasteiger partial charge in [-0.1, -0.05) is 36.4 Å². The zero-order chi connectivity index (χ0) is 36.9. The van der Waals surface area contributed by atoms with Gasteiger partial charge in [-0.3, -0.25) is 4.55 Å². The molecule has 0 saturated heterocycles. The molecule has 0 aliphatic carbocycles. The van der Waals surface area contributed by atoms with Crippen molar-refractivity contribution in [2.75, 3.05) is 0 Å². The molecule has 48 heavy (non-hydrogen) atoms. The van der Waals surface area contributed by atoms with Crippen molar-refractivity contribution in [2.24, 2.45) is 0 Å². The van der Waals surface area contributed by atoms with Gasteiger partial charge in [0.05, 0.1) is 18.3 Å². The molecule has 0 bridgehead atoms. The van der Waals surface area contributed by atoms with Crippen LogP contribution in [0.15, 0.2) is 72.8 Å². The van der Waals surface area contributed by atoms with Crippen molar-refractivity contribution in [3.8, 4) is 17.2 Å². The molecule has 0 amide bonds. The molecule has 17 heteroatoms. The number of halogens is 9. The summed E-state index contributed by atoms with van der Waals surface area (Å²) in [5.41, 5.74) is 0. The first-order valence-electron chi connectivity index (χ1n) is 14.1. The summed E-state index contributed by atoms with van der Waals surface area (Å²) in [7, 11) is -7.88. The van der Waals surface area contributed by atoms with Crippen LogP contribution in [0.5, 0.6) is 17.2 Å². The van der Waals surface area contributed by atoms with Crippen LogP contribution < -0.4 is 30.1 Å². The molecule has 0 aromatic heterocycles. The molecule has 0 radical (unpaired) electrons. The largest absolute Gasteiger partial charge is 0.491 e. The first kappa shape index (κ1) is 40.9. The van der Waals surface area contributed by atoms with Crippen LogP contribution in [0.3, 0.4) is 0 Å². The monoisotopic (exact) mass is 736 g/mol. The minimum atomic E-state index is -7.37. The fourth-order valence-corrected chi connectivity index (χ4v) is 6.50. The molecule has 3 rings (SSSR count). The highest BCUT2D eigenvalue weighted by molar-refractivity contribution is 7.87. The average molecular weight is 737 g/mol. The normalized spacial score (nSPS) is 13.1. The molecular weight excluding hydrogens is 702 g/mol. The molecule has 0 unspecified atom stereocenters. The maximum absolute atomic E-state index is 12.2. The Bertz CT molecular complexity index is 1430. The van der Waals surface area contributed by atoms with Crippen LogP contribution in [-0.4, -0.2) is 54.6 Å². The van der Waals surface area contributed by atoms with Crippen LogP contribution in [0.25, 0.3) is 0 Å². The summed E-state index contributed by atoms with van der Waals surface area (Å²) in [6, 6.07) is 25.5. The van der Waals surface area contributed by atoms with Crippen LogP contribution in [0.1, 0.15) is 41.5 Å². The Kier molecular flexibility index (Phi) is 13.3. The van der Waals surface area contributed by atoms with E-state index in [2.05, 4.69) is 72.8 Å². The van der Waals surface area contributed by atoms with Gasteiger partial charge in [0.25, 0.3) is 0 Å². The molecule has 1 N–H and O–H groups in total. The quantitative estimate of drug-likeness (QED) is 0.115. The van der Waals surface area contributed by atoms with Crippen molar-refractivity contribution in [2.45, 2.75) is 83.1 Å². The molecule has 6 nitrogen and oxygen atoms in total.